The molecule has 0 rings (SSSR count). The van der Waals surface area contributed by atoms with Crippen LogP contribution in [0.4, 0.5) is 4.79 Å². The maximum absolute atomic E-state index is 12.2. The van der Waals surface area contributed by atoms with Crippen molar-refractivity contribution in [3.63, 3.8) is 0 Å². The van der Waals surface area contributed by atoms with E-state index in [4.69, 9.17) is 5.11 Å². The van der Waals surface area contributed by atoms with E-state index < -0.39 is 11.9 Å². The molecular weight excluding hydrogens is 256 g/mol. The van der Waals surface area contributed by atoms with Crippen molar-refractivity contribution in [1.29, 1.82) is 0 Å². The third-order valence-electron chi connectivity index (χ3n) is 3.62. The number of hydrogen-bond donors (Lipinski definition) is 2. The zero-order valence-electron chi connectivity index (χ0n) is 13.3. The van der Waals surface area contributed by atoms with Crippen molar-refractivity contribution in [2.75, 3.05) is 13.1 Å². The molecule has 0 aliphatic heterocycles. The maximum atomic E-state index is 12.2. The Kier molecular flexibility index (Phi) is 9.86. The lowest BCUT2D eigenvalue weighted by Gasteiger charge is -2.29. The summed E-state index contributed by atoms with van der Waals surface area (Å²) in [6.07, 6.45) is 4.29. The van der Waals surface area contributed by atoms with E-state index in [0.717, 1.165) is 32.2 Å². The Labute approximate surface area is 122 Å². The molecule has 0 spiro atoms. The molecule has 0 fully saturated rings. The first-order valence-electron chi connectivity index (χ1n) is 7.75. The molecule has 5 heteroatoms. The maximum Gasteiger partial charge on any atom is 0.317 e. The van der Waals surface area contributed by atoms with E-state index in [1.165, 1.54) is 0 Å². The highest BCUT2D eigenvalue weighted by Crippen LogP contribution is 2.08. The summed E-state index contributed by atoms with van der Waals surface area (Å²) in [7, 11) is 0. The van der Waals surface area contributed by atoms with E-state index in [-0.39, 0.29) is 18.6 Å². The molecule has 2 unspecified atom stereocenters. The molecule has 0 saturated carbocycles. The first-order valence-corrected chi connectivity index (χ1v) is 7.75. The van der Waals surface area contributed by atoms with E-state index in [1.54, 1.807) is 0 Å². The number of carbonyl (C=O) groups is 2. The van der Waals surface area contributed by atoms with Crippen molar-refractivity contribution in [1.82, 2.24) is 10.2 Å². The number of hydrogen-bond acceptors (Lipinski definition) is 2. The molecule has 0 bridgehead atoms. The monoisotopic (exact) mass is 286 g/mol. The van der Waals surface area contributed by atoms with Gasteiger partial charge in [0.1, 0.15) is 0 Å². The van der Waals surface area contributed by atoms with Gasteiger partial charge >= 0.3 is 12.0 Å². The van der Waals surface area contributed by atoms with Gasteiger partial charge in [-0.15, -0.1) is 0 Å². The van der Waals surface area contributed by atoms with Gasteiger partial charge in [-0.3, -0.25) is 4.79 Å². The predicted octanol–water partition coefficient (Wildman–Crippen LogP) is 3.10. The second-order valence-corrected chi connectivity index (χ2v) is 5.31. The van der Waals surface area contributed by atoms with Gasteiger partial charge in [0.2, 0.25) is 0 Å². The second kappa shape index (κ2) is 10.5. The normalized spacial score (nSPS) is 13.6. The molecular formula is C15H30N2O3. The zero-order chi connectivity index (χ0) is 15.5. The lowest BCUT2D eigenvalue weighted by Crippen LogP contribution is -2.47. The molecule has 0 saturated heterocycles. The third-order valence-corrected chi connectivity index (χ3v) is 3.62. The minimum Gasteiger partial charge on any atom is -0.481 e. The Hall–Kier alpha value is -1.26. The average Bonchev–Trinajstić information content (AvgIpc) is 2.42. The summed E-state index contributed by atoms with van der Waals surface area (Å²) in [5.41, 5.74) is 0. The van der Waals surface area contributed by atoms with Crippen molar-refractivity contribution in [3.8, 4) is 0 Å². The minimum absolute atomic E-state index is 0.143. The second-order valence-electron chi connectivity index (χ2n) is 5.31. The summed E-state index contributed by atoms with van der Waals surface area (Å²) in [5.74, 6) is -1.33. The molecule has 2 atom stereocenters. The van der Waals surface area contributed by atoms with Gasteiger partial charge in [-0.2, -0.15) is 0 Å². The molecule has 0 radical (unpaired) electrons. The largest absolute Gasteiger partial charge is 0.481 e. The SMILES string of the molecule is CCCCN(C(=O)NCC(CCC)C(=O)O)C(C)CC. The lowest BCUT2D eigenvalue weighted by molar-refractivity contribution is -0.141. The molecule has 118 valence electrons. The first kappa shape index (κ1) is 18.7. The number of aliphatic carboxylic acids is 1. The number of carboxylic acid groups (broad SMARTS) is 1. The molecule has 0 aliphatic carbocycles. The van der Waals surface area contributed by atoms with Crippen molar-refractivity contribution in [3.05, 3.63) is 0 Å². The van der Waals surface area contributed by atoms with Crippen molar-refractivity contribution in [2.24, 2.45) is 5.92 Å². The molecule has 0 aromatic carbocycles. The van der Waals surface area contributed by atoms with Crippen LogP contribution >= 0.6 is 0 Å². The van der Waals surface area contributed by atoms with Crippen LogP contribution in [0.1, 0.15) is 59.8 Å². The van der Waals surface area contributed by atoms with Crippen LogP contribution in [0.2, 0.25) is 0 Å². The molecule has 0 heterocycles. The first-order chi connectivity index (χ1) is 9.47. The molecule has 5 nitrogen and oxygen atoms in total. The number of unbranched alkanes of at least 4 members (excludes halogenated alkanes) is 1. The zero-order valence-corrected chi connectivity index (χ0v) is 13.3. The highest BCUT2D eigenvalue weighted by molar-refractivity contribution is 5.76. The number of urea groups is 1. The Bertz CT molecular complexity index is 295. The number of nitrogens with one attached hydrogen (secondary N) is 1. The van der Waals surface area contributed by atoms with Gasteiger partial charge in [0.05, 0.1) is 5.92 Å². The van der Waals surface area contributed by atoms with Crippen LogP contribution in [0.15, 0.2) is 0 Å². The third kappa shape index (κ3) is 6.78. The summed E-state index contributed by atoms with van der Waals surface area (Å²) in [6.45, 7) is 9.05. The Balaban J connectivity index is 4.46. The van der Waals surface area contributed by atoms with Crippen LogP contribution in [-0.2, 0) is 4.79 Å². The minimum atomic E-state index is -0.837. The average molecular weight is 286 g/mol. The van der Waals surface area contributed by atoms with Crippen LogP contribution in [-0.4, -0.2) is 41.1 Å². The van der Waals surface area contributed by atoms with Crippen LogP contribution in [0, 0.1) is 5.92 Å². The molecule has 20 heavy (non-hydrogen) atoms. The number of rotatable bonds is 10. The van der Waals surface area contributed by atoms with Gasteiger partial charge < -0.3 is 15.3 Å². The van der Waals surface area contributed by atoms with E-state index >= 15 is 0 Å². The van der Waals surface area contributed by atoms with Gasteiger partial charge in [-0.25, -0.2) is 4.79 Å². The van der Waals surface area contributed by atoms with Crippen molar-refractivity contribution < 1.29 is 14.7 Å². The van der Waals surface area contributed by atoms with E-state index in [1.807, 2.05) is 25.7 Å². The molecule has 2 N–H and O–H groups in total. The van der Waals surface area contributed by atoms with Gasteiger partial charge in [0.15, 0.2) is 0 Å². The van der Waals surface area contributed by atoms with Gasteiger partial charge in [0, 0.05) is 19.1 Å². The summed E-state index contributed by atoms with van der Waals surface area (Å²) >= 11 is 0. The van der Waals surface area contributed by atoms with Crippen LogP contribution in [0.25, 0.3) is 0 Å². The van der Waals surface area contributed by atoms with Crippen LogP contribution < -0.4 is 5.32 Å². The smallest absolute Gasteiger partial charge is 0.317 e. The number of amides is 2. The number of nitrogens with zero attached hydrogens (tertiary/aromatic N) is 1. The fraction of sp³-hybridized carbons (Fsp3) is 0.867. The molecule has 0 aromatic heterocycles. The standard InChI is InChI=1S/C15H30N2O3/c1-5-8-10-17(12(4)7-3)15(20)16-11-13(9-6-2)14(18)19/h12-13H,5-11H2,1-4H3,(H,16,20)(H,18,19). The summed E-state index contributed by atoms with van der Waals surface area (Å²) in [6, 6.07) is 0.0335. The number of carboxylic acids is 1. The van der Waals surface area contributed by atoms with Gasteiger partial charge in [-0.1, -0.05) is 33.6 Å². The Morgan fingerprint density at radius 1 is 1.20 bits per heavy atom. The Morgan fingerprint density at radius 2 is 1.85 bits per heavy atom. The quantitative estimate of drug-likeness (QED) is 0.648. The van der Waals surface area contributed by atoms with E-state index in [9.17, 15) is 9.59 Å². The van der Waals surface area contributed by atoms with E-state index in [0.29, 0.717) is 6.42 Å². The fourth-order valence-corrected chi connectivity index (χ4v) is 2.04. The van der Waals surface area contributed by atoms with Crippen molar-refractivity contribution >= 4 is 12.0 Å². The van der Waals surface area contributed by atoms with Crippen LogP contribution in [0.3, 0.4) is 0 Å². The summed E-state index contributed by atoms with van der Waals surface area (Å²) in [5, 5.41) is 11.9. The lowest BCUT2D eigenvalue weighted by atomic mass is 10.0. The molecule has 0 aromatic rings. The van der Waals surface area contributed by atoms with Gasteiger partial charge in [0.25, 0.3) is 0 Å². The topological polar surface area (TPSA) is 69.6 Å². The molecule has 0 aliphatic rings. The highest BCUT2D eigenvalue weighted by Gasteiger charge is 2.21. The van der Waals surface area contributed by atoms with Crippen LogP contribution in [0.5, 0.6) is 0 Å². The van der Waals surface area contributed by atoms with Crippen molar-refractivity contribution in [2.45, 2.75) is 65.8 Å². The summed E-state index contributed by atoms with van der Waals surface area (Å²) < 4.78 is 0. The fourth-order valence-electron chi connectivity index (χ4n) is 2.04. The summed E-state index contributed by atoms with van der Waals surface area (Å²) in [4.78, 5) is 25.1. The predicted molar refractivity (Wildman–Crippen MR) is 80.8 cm³/mol. The van der Waals surface area contributed by atoms with Gasteiger partial charge in [-0.05, 0) is 26.2 Å². The number of carbonyl (C=O) groups excluding carboxylic acids is 1. The van der Waals surface area contributed by atoms with E-state index in [2.05, 4.69) is 12.2 Å². The molecule has 2 amide bonds. The Morgan fingerprint density at radius 3 is 2.30 bits per heavy atom. The highest BCUT2D eigenvalue weighted by atomic mass is 16.4.